The number of rotatable bonds is 7. The van der Waals surface area contributed by atoms with Gasteiger partial charge in [-0.15, -0.1) is 0 Å². The molecule has 0 unspecified atom stereocenters. The van der Waals surface area contributed by atoms with Crippen molar-refractivity contribution in [3.05, 3.63) is 93.0 Å². The molecule has 1 aliphatic carbocycles. The number of pyridine rings is 1. The Kier molecular flexibility index (Phi) is 7.31. The van der Waals surface area contributed by atoms with Gasteiger partial charge in [0.15, 0.2) is 0 Å². The lowest BCUT2D eigenvalue weighted by Crippen LogP contribution is -2.05. The highest BCUT2D eigenvalue weighted by molar-refractivity contribution is 6.31. The zero-order valence-corrected chi connectivity index (χ0v) is 19.5. The Morgan fingerprint density at radius 1 is 1.03 bits per heavy atom. The molecule has 170 valence electrons. The number of hydrogen-bond acceptors (Lipinski definition) is 4. The summed E-state index contributed by atoms with van der Waals surface area (Å²) in [5, 5.41) is 0.912. The molecule has 0 bridgehead atoms. The van der Waals surface area contributed by atoms with Crippen molar-refractivity contribution in [3.8, 4) is 5.75 Å². The van der Waals surface area contributed by atoms with Gasteiger partial charge in [0.2, 0.25) is 0 Å². The standard InChI is InChI=1S/C26H22Cl2FNO3/c1-2-32-26(31)18-10-17(13-30-14-18)21-4-3-5-22(21)23-11-19(27)8-9-25(23)33-15-16-6-7-20(28)12-24(16)29/h6-14H,2-5,15H2,1H3. The van der Waals surface area contributed by atoms with Crippen LogP contribution in [0.15, 0.2) is 54.9 Å². The second kappa shape index (κ2) is 10.4. The number of benzene rings is 2. The van der Waals surface area contributed by atoms with Gasteiger partial charge in [0.05, 0.1) is 12.2 Å². The minimum atomic E-state index is -0.416. The maximum absolute atomic E-state index is 14.2. The summed E-state index contributed by atoms with van der Waals surface area (Å²) in [6, 6.07) is 11.7. The molecule has 0 fully saturated rings. The lowest BCUT2D eigenvalue weighted by molar-refractivity contribution is 0.0526. The molecule has 7 heteroatoms. The first kappa shape index (κ1) is 23.3. The zero-order valence-electron chi connectivity index (χ0n) is 18.0. The van der Waals surface area contributed by atoms with Crippen molar-refractivity contribution in [2.45, 2.75) is 32.8 Å². The molecule has 0 aliphatic heterocycles. The first-order valence-electron chi connectivity index (χ1n) is 10.7. The van der Waals surface area contributed by atoms with Gasteiger partial charge in [0, 0.05) is 33.6 Å². The third-order valence-corrected chi connectivity index (χ3v) is 5.95. The highest BCUT2D eigenvalue weighted by Gasteiger charge is 2.22. The number of hydrogen-bond donors (Lipinski definition) is 0. The smallest absolute Gasteiger partial charge is 0.339 e. The van der Waals surface area contributed by atoms with Crippen molar-refractivity contribution < 1.29 is 18.7 Å². The fourth-order valence-electron chi connectivity index (χ4n) is 3.95. The van der Waals surface area contributed by atoms with Gasteiger partial charge < -0.3 is 9.47 Å². The van der Waals surface area contributed by atoms with E-state index in [-0.39, 0.29) is 6.61 Å². The number of nitrogens with zero attached hydrogens (tertiary/aromatic N) is 1. The lowest BCUT2D eigenvalue weighted by Gasteiger charge is -2.15. The third-order valence-electron chi connectivity index (χ3n) is 5.48. The topological polar surface area (TPSA) is 48.4 Å². The van der Waals surface area contributed by atoms with E-state index >= 15 is 0 Å². The minimum Gasteiger partial charge on any atom is -0.488 e. The van der Waals surface area contributed by atoms with Crippen molar-refractivity contribution in [3.63, 3.8) is 0 Å². The summed E-state index contributed by atoms with van der Waals surface area (Å²) >= 11 is 12.2. The Bertz CT molecular complexity index is 1230. The summed E-state index contributed by atoms with van der Waals surface area (Å²) in [6.07, 6.45) is 5.86. The van der Waals surface area contributed by atoms with Crippen molar-refractivity contribution in [2.75, 3.05) is 6.61 Å². The Morgan fingerprint density at radius 3 is 2.58 bits per heavy atom. The fourth-order valence-corrected chi connectivity index (χ4v) is 4.28. The molecule has 0 amide bonds. The Morgan fingerprint density at radius 2 is 1.79 bits per heavy atom. The molecular formula is C26H22Cl2FNO3. The first-order chi connectivity index (χ1) is 16.0. The van der Waals surface area contributed by atoms with Gasteiger partial charge in [-0.3, -0.25) is 4.98 Å². The van der Waals surface area contributed by atoms with Crippen molar-refractivity contribution in [2.24, 2.45) is 0 Å². The summed E-state index contributed by atoms with van der Waals surface area (Å²) in [5.41, 5.74) is 4.69. The van der Waals surface area contributed by atoms with Crippen LogP contribution in [0.4, 0.5) is 4.39 Å². The number of carbonyl (C=O) groups excluding carboxylic acids is 1. The summed E-state index contributed by atoms with van der Waals surface area (Å²) < 4.78 is 25.4. The Balaban J connectivity index is 1.69. The van der Waals surface area contributed by atoms with E-state index in [4.69, 9.17) is 32.7 Å². The molecule has 3 aromatic rings. The van der Waals surface area contributed by atoms with E-state index in [1.54, 1.807) is 43.5 Å². The predicted molar refractivity (Wildman–Crippen MR) is 128 cm³/mol. The van der Waals surface area contributed by atoms with Crippen LogP contribution in [-0.4, -0.2) is 17.6 Å². The number of ether oxygens (including phenoxy) is 2. The summed E-state index contributed by atoms with van der Waals surface area (Å²) in [7, 11) is 0. The average molecular weight is 486 g/mol. The summed E-state index contributed by atoms with van der Waals surface area (Å²) in [6.45, 7) is 2.12. The van der Waals surface area contributed by atoms with E-state index < -0.39 is 11.8 Å². The number of halogens is 3. The van der Waals surface area contributed by atoms with E-state index in [2.05, 4.69) is 4.98 Å². The van der Waals surface area contributed by atoms with Gasteiger partial charge in [-0.25, -0.2) is 9.18 Å². The van der Waals surface area contributed by atoms with Crippen LogP contribution < -0.4 is 4.74 Å². The third kappa shape index (κ3) is 5.37. The molecule has 0 saturated carbocycles. The van der Waals surface area contributed by atoms with E-state index in [1.165, 1.54) is 12.3 Å². The fraction of sp³-hybridized carbons (Fsp3) is 0.231. The highest BCUT2D eigenvalue weighted by Crippen LogP contribution is 2.43. The maximum atomic E-state index is 14.2. The van der Waals surface area contributed by atoms with Gasteiger partial charge in [-0.1, -0.05) is 29.3 Å². The van der Waals surface area contributed by atoms with Crippen LogP contribution in [0.5, 0.6) is 5.75 Å². The van der Waals surface area contributed by atoms with Crippen LogP contribution in [0.25, 0.3) is 11.1 Å². The van der Waals surface area contributed by atoms with E-state index in [0.717, 1.165) is 41.5 Å². The maximum Gasteiger partial charge on any atom is 0.339 e. The molecule has 1 aliphatic rings. The van der Waals surface area contributed by atoms with Crippen molar-refractivity contribution in [1.29, 1.82) is 0 Å². The Labute approximate surface area is 202 Å². The molecule has 2 aromatic carbocycles. The molecule has 0 N–H and O–H groups in total. The van der Waals surface area contributed by atoms with E-state index in [9.17, 15) is 9.18 Å². The largest absolute Gasteiger partial charge is 0.488 e. The molecule has 1 aromatic heterocycles. The SMILES string of the molecule is CCOC(=O)c1cncc(C2=C(c3cc(Cl)ccc3OCc3ccc(Cl)cc3F)CCC2)c1. The zero-order chi connectivity index (χ0) is 23.4. The summed E-state index contributed by atoms with van der Waals surface area (Å²) in [4.78, 5) is 16.4. The van der Waals surface area contributed by atoms with Crippen molar-refractivity contribution in [1.82, 2.24) is 4.98 Å². The Hall–Kier alpha value is -2.89. The molecule has 0 saturated heterocycles. The molecule has 0 atom stereocenters. The number of esters is 1. The van der Waals surface area contributed by atoms with Crippen LogP contribution in [0.1, 0.15) is 53.2 Å². The molecule has 4 nitrogen and oxygen atoms in total. The van der Waals surface area contributed by atoms with E-state index in [1.807, 2.05) is 6.07 Å². The molecule has 0 spiro atoms. The number of aromatic nitrogens is 1. The van der Waals surface area contributed by atoms with Crippen LogP contribution in [0, 0.1) is 5.82 Å². The lowest BCUT2D eigenvalue weighted by atomic mass is 9.96. The molecular weight excluding hydrogens is 464 g/mol. The normalized spacial score (nSPS) is 13.3. The summed E-state index contributed by atoms with van der Waals surface area (Å²) in [5.74, 6) is -0.206. The monoisotopic (exact) mass is 485 g/mol. The second-order valence-electron chi connectivity index (χ2n) is 7.66. The van der Waals surface area contributed by atoms with Crippen LogP contribution in [-0.2, 0) is 11.3 Å². The van der Waals surface area contributed by atoms with Gasteiger partial charge in [0.25, 0.3) is 0 Å². The second-order valence-corrected chi connectivity index (χ2v) is 8.53. The van der Waals surface area contributed by atoms with Crippen LogP contribution in [0.2, 0.25) is 10.0 Å². The highest BCUT2D eigenvalue weighted by atomic mass is 35.5. The van der Waals surface area contributed by atoms with Crippen LogP contribution in [0.3, 0.4) is 0 Å². The number of carbonyl (C=O) groups is 1. The molecule has 1 heterocycles. The van der Waals surface area contributed by atoms with E-state index in [0.29, 0.717) is 33.5 Å². The van der Waals surface area contributed by atoms with Gasteiger partial charge in [-0.2, -0.15) is 0 Å². The van der Waals surface area contributed by atoms with Gasteiger partial charge in [0.1, 0.15) is 18.2 Å². The van der Waals surface area contributed by atoms with Gasteiger partial charge >= 0.3 is 5.97 Å². The first-order valence-corrected chi connectivity index (χ1v) is 11.4. The van der Waals surface area contributed by atoms with Crippen LogP contribution >= 0.6 is 23.2 Å². The number of allylic oxidation sites excluding steroid dienone is 2. The molecule has 0 radical (unpaired) electrons. The molecule has 4 rings (SSSR count). The predicted octanol–water partition coefficient (Wildman–Crippen LogP) is 7.38. The van der Waals surface area contributed by atoms with Gasteiger partial charge in [-0.05, 0) is 79.3 Å². The quantitative estimate of drug-likeness (QED) is 0.327. The average Bonchev–Trinajstić information content (AvgIpc) is 3.29. The molecule has 33 heavy (non-hydrogen) atoms. The minimum absolute atomic E-state index is 0.0557. The van der Waals surface area contributed by atoms with Crippen molar-refractivity contribution >= 4 is 40.3 Å².